The molecule has 1 atom stereocenters. The fourth-order valence-corrected chi connectivity index (χ4v) is 2.27. The topological polar surface area (TPSA) is 51.8 Å². The Morgan fingerprint density at radius 3 is 2.53 bits per heavy atom. The summed E-state index contributed by atoms with van der Waals surface area (Å²) in [5.74, 6) is 0.616. The molecule has 100 valence electrons. The molecule has 1 aromatic heterocycles. The highest BCUT2D eigenvalue weighted by Gasteiger charge is 2.07. The van der Waals surface area contributed by atoms with E-state index in [9.17, 15) is 0 Å². The Bertz CT molecular complexity index is 552. The van der Waals surface area contributed by atoms with E-state index in [2.05, 4.69) is 16.9 Å². The molecule has 0 spiro atoms. The van der Waals surface area contributed by atoms with Gasteiger partial charge in [0, 0.05) is 40.0 Å². The molecule has 3 nitrogen and oxygen atoms in total. The second kappa shape index (κ2) is 6.33. The van der Waals surface area contributed by atoms with Crippen molar-refractivity contribution in [3.63, 3.8) is 0 Å². The fraction of sp³-hybridized carbons (Fsp3) is 0.286. The van der Waals surface area contributed by atoms with Crippen LogP contribution in [-0.2, 0) is 6.42 Å². The first kappa shape index (κ1) is 14.3. The lowest BCUT2D eigenvalue weighted by Crippen LogP contribution is -2.22. The lowest BCUT2D eigenvalue weighted by Gasteiger charge is -2.09. The second-order valence-corrected chi connectivity index (χ2v) is 5.28. The SMILES string of the molecule is CCC(N)Cc1ccnc(-c2cc(Cl)cc(Cl)c2)n1. The first-order valence-electron chi connectivity index (χ1n) is 6.12. The predicted molar refractivity (Wildman–Crippen MR) is 79.5 cm³/mol. The Kier molecular flexibility index (Phi) is 4.75. The third-order valence-corrected chi connectivity index (χ3v) is 3.27. The maximum Gasteiger partial charge on any atom is 0.159 e. The molecule has 1 aromatic carbocycles. The summed E-state index contributed by atoms with van der Waals surface area (Å²) in [5.41, 5.74) is 7.68. The number of nitrogens with two attached hydrogens (primary N) is 1. The number of hydrogen-bond acceptors (Lipinski definition) is 3. The van der Waals surface area contributed by atoms with E-state index in [1.165, 1.54) is 0 Å². The van der Waals surface area contributed by atoms with Crippen LogP contribution in [0.15, 0.2) is 30.5 Å². The fourth-order valence-electron chi connectivity index (χ4n) is 1.74. The van der Waals surface area contributed by atoms with Crippen molar-refractivity contribution in [2.45, 2.75) is 25.8 Å². The van der Waals surface area contributed by atoms with Crippen molar-refractivity contribution in [1.29, 1.82) is 0 Å². The van der Waals surface area contributed by atoms with Crippen LogP contribution in [0.3, 0.4) is 0 Å². The molecule has 0 aliphatic carbocycles. The molecule has 1 unspecified atom stereocenters. The van der Waals surface area contributed by atoms with Crippen LogP contribution in [-0.4, -0.2) is 16.0 Å². The van der Waals surface area contributed by atoms with Crippen LogP contribution < -0.4 is 5.73 Å². The average molecular weight is 296 g/mol. The standard InChI is InChI=1S/C14H15Cl2N3/c1-2-12(17)8-13-3-4-18-14(19-13)9-5-10(15)7-11(16)6-9/h3-7,12H,2,8,17H2,1H3. The quantitative estimate of drug-likeness (QED) is 0.935. The summed E-state index contributed by atoms with van der Waals surface area (Å²) in [6.45, 7) is 2.06. The Morgan fingerprint density at radius 2 is 1.89 bits per heavy atom. The van der Waals surface area contributed by atoms with Gasteiger partial charge in [0.25, 0.3) is 0 Å². The molecule has 1 heterocycles. The molecule has 0 fully saturated rings. The highest BCUT2D eigenvalue weighted by Crippen LogP contribution is 2.25. The summed E-state index contributed by atoms with van der Waals surface area (Å²) in [5, 5.41) is 1.14. The summed E-state index contributed by atoms with van der Waals surface area (Å²) < 4.78 is 0. The van der Waals surface area contributed by atoms with Crippen molar-refractivity contribution in [3.05, 3.63) is 46.2 Å². The van der Waals surface area contributed by atoms with E-state index in [4.69, 9.17) is 28.9 Å². The van der Waals surface area contributed by atoms with Gasteiger partial charge in [-0.1, -0.05) is 30.1 Å². The van der Waals surface area contributed by atoms with Gasteiger partial charge in [0.05, 0.1) is 0 Å². The molecule has 0 amide bonds. The smallest absolute Gasteiger partial charge is 0.159 e. The van der Waals surface area contributed by atoms with E-state index in [0.29, 0.717) is 15.9 Å². The minimum atomic E-state index is 0.116. The van der Waals surface area contributed by atoms with Crippen molar-refractivity contribution >= 4 is 23.2 Å². The maximum absolute atomic E-state index is 5.99. The summed E-state index contributed by atoms with van der Waals surface area (Å²) in [7, 11) is 0. The molecule has 5 heteroatoms. The van der Waals surface area contributed by atoms with Crippen molar-refractivity contribution in [2.75, 3.05) is 0 Å². The van der Waals surface area contributed by atoms with Crippen molar-refractivity contribution in [3.8, 4) is 11.4 Å². The van der Waals surface area contributed by atoms with Gasteiger partial charge in [0.2, 0.25) is 0 Å². The molecule has 0 saturated carbocycles. The largest absolute Gasteiger partial charge is 0.327 e. The zero-order chi connectivity index (χ0) is 13.8. The zero-order valence-corrected chi connectivity index (χ0v) is 12.1. The summed E-state index contributed by atoms with van der Waals surface area (Å²) in [6.07, 6.45) is 3.39. The second-order valence-electron chi connectivity index (χ2n) is 4.40. The molecule has 19 heavy (non-hydrogen) atoms. The molecule has 0 radical (unpaired) electrons. The molecule has 0 bridgehead atoms. The van der Waals surface area contributed by atoms with Crippen LogP contribution in [0.1, 0.15) is 19.0 Å². The van der Waals surface area contributed by atoms with Crippen LogP contribution in [0.2, 0.25) is 10.0 Å². The Hall–Kier alpha value is -1.16. The van der Waals surface area contributed by atoms with Gasteiger partial charge in [-0.05, 0) is 30.7 Å². The predicted octanol–water partition coefficient (Wildman–Crippen LogP) is 3.73. The molecular weight excluding hydrogens is 281 g/mol. The van der Waals surface area contributed by atoms with Crippen LogP contribution in [0.5, 0.6) is 0 Å². The minimum absolute atomic E-state index is 0.116. The molecule has 2 aromatic rings. The maximum atomic E-state index is 5.99. The van der Waals surface area contributed by atoms with Crippen molar-refractivity contribution in [2.24, 2.45) is 5.73 Å². The number of benzene rings is 1. The third-order valence-electron chi connectivity index (χ3n) is 2.83. The van der Waals surface area contributed by atoms with Gasteiger partial charge >= 0.3 is 0 Å². The Labute approximate surface area is 122 Å². The van der Waals surface area contributed by atoms with Crippen LogP contribution >= 0.6 is 23.2 Å². The van der Waals surface area contributed by atoms with E-state index < -0.39 is 0 Å². The van der Waals surface area contributed by atoms with E-state index >= 15 is 0 Å². The average Bonchev–Trinajstić information content (AvgIpc) is 2.38. The van der Waals surface area contributed by atoms with E-state index in [0.717, 1.165) is 24.1 Å². The molecular formula is C14H15Cl2N3. The van der Waals surface area contributed by atoms with Crippen LogP contribution in [0.4, 0.5) is 0 Å². The zero-order valence-electron chi connectivity index (χ0n) is 10.6. The molecule has 2 N–H and O–H groups in total. The van der Waals surface area contributed by atoms with Gasteiger partial charge in [0.15, 0.2) is 5.82 Å². The van der Waals surface area contributed by atoms with Crippen LogP contribution in [0.25, 0.3) is 11.4 Å². The van der Waals surface area contributed by atoms with E-state index in [1.54, 1.807) is 24.4 Å². The Morgan fingerprint density at radius 1 is 1.21 bits per heavy atom. The third kappa shape index (κ3) is 3.90. The van der Waals surface area contributed by atoms with Gasteiger partial charge in [-0.25, -0.2) is 9.97 Å². The number of hydrogen-bond donors (Lipinski definition) is 1. The van der Waals surface area contributed by atoms with Gasteiger partial charge in [-0.3, -0.25) is 0 Å². The number of rotatable bonds is 4. The first-order chi connectivity index (χ1) is 9.08. The van der Waals surface area contributed by atoms with Gasteiger partial charge in [0.1, 0.15) is 0 Å². The number of halogens is 2. The molecule has 2 rings (SSSR count). The number of nitrogens with zero attached hydrogens (tertiary/aromatic N) is 2. The van der Waals surface area contributed by atoms with E-state index in [1.807, 2.05) is 6.07 Å². The van der Waals surface area contributed by atoms with Gasteiger partial charge in [-0.15, -0.1) is 0 Å². The first-order valence-corrected chi connectivity index (χ1v) is 6.88. The van der Waals surface area contributed by atoms with Gasteiger partial charge < -0.3 is 5.73 Å². The van der Waals surface area contributed by atoms with Crippen molar-refractivity contribution in [1.82, 2.24) is 9.97 Å². The van der Waals surface area contributed by atoms with E-state index in [-0.39, 0.29) is 6.04 Å². The summed E-state index contributed by atoms with van der Waals surface area (Å²) in [6, 6.07) is 7.28. The number of aromatic nitrogens is 2. The minimum Gasteiger partial charge on any atom is -0.327 e. The highest BCUT2D eigenvalue weighted by atomic mass is 35.5. The van der Waals surface area contributed by atoms with Crippen molar-refractivity contribution < 1.29 is 0 Å². The molecule has 0 aliphatic rings. The monoisotopic (exact) mass is 295 g/mol. The van der Waals surface area contributed by atoms with Gasteiger partial charge in [-0.2, -0.15) is 0 Å². The normalized spacial score (nSPS) is 12.4. The summed E-state index contributed by atoms with van der Waals surface area (Å²) in [4.78, 5) is 8.76. The molecule has 0 saturated heterocycles. The lowest BCUT2D eigenvalue weighted by molar-refractivity contribution is 0.636. The van der Waals surface area contributed by atoms with Crippen LogP contribution in [0, 0.1) is 0 Å². The lowest BCUT2D eigenvalue weighted by atomic mass is 10.1. The highest BCUT2D eigenvalue weighted by molar-refractivity contribution is 6.35. The summed E-state index contributed by atoms with van der Waals surface area (Å²) >= 11 is 12.0. The Balaban J connectivity index is 2.32. The molecule has 0 aliphatic heterocycles.